The normalized spacial score (nSPS) is 10.2. The van der Waals surface area contributed by atoms with Gasteiger partial charge in [0.1, 0.15) is 18.2 Å². The minimum atomic E-state index is -0.239. The molecular weight excluding hydrogens is 285 g/mol. The van der Waals surface area contributed by atoms with Gasteiger partial charge in [-0.1, -0.05) is 28.1 Å². The molecular formula is C13H11BrFNO. The molecule has 0 saturated carbocycles. The van der Waals surface area contributed by atoms with Crippen LogP contribution < -0.4 is 4.74 Å². The van der Waals surface area contributed by atoms with Gasteiger partial charge in [0.15, 0.2) is 0 Å². The van der Waals surface area contributed by atoms with E-state index in [0.717, 1.165) is 16.6 Å². The Morgan fingerprint density at radius 2 is 1.88 bits per heavy atom. The highest BCUT2D eigenvalue weighted by molar-refractivity contribution is 9.08. The second kappa shape index (κ2) is 5.77. The third-order valence-corrected chi connectivity index (χ3v) is 2.83. The Morgan fingerprint density at radius 1 is 1.12 bits per heavy atom. The van der Waals surface area contributed by atoms with Gasteiger partial charge in [0.05, 0.1) is 11.9 Å². The summed E-state index contributed by atoms with van der Waals surface area (Å²) in [6, 6.07) is 10.0. The Hall–Kier alpha value is -1.42. The molecule has 2 aromatic rings. The third-order valence-electron chi connectivity index (χ3n) is 2.25. The Morgan fingerprint density at radius 3 is 2.47 bits per heavy atom. The summed E-state index contributed by atoms with van der Waals surface area (Å²) in [6.07, 6.45) is 1.68. The smallest absolute Gasteiger partial charge is 0.138 e. The topological polar surface area (TPSA) is 22.1 Å². The summed E-state index contributed by atoms with van der Waals surface area (Å²) in [5.41, 5.74) is 1.88. The highest BCUT2D eigenvalue weighted by atomic mass is 79.9. The van der Waals surface area contributed by atoms with Crippen molar-refractivity contribution in [3.05, 3.63) is 59.7 Å². The van der Waals surface area contributed by atoms with Gasteiger partial charge in [0.25, 0.3) is 0 Å². The van der Waals surface area contributed by atoms with Crippen LogP contribution in [0.3, 0.4) is 0 Å². The van der Waals surface area contributed by atoms with Gasteiger partial charge < -0.3 is 4.74 Å². The highest BCUT2D eigenvalue weighted by Gasteiger charge is 1.98. The lowest BCUT2D eigenvalue weighted by Crippen LogP contribution is -1.96. The van der Waals surface area contributed by atoms with Crippen LogP contribution in [0.2, 0.25) is 0 Å². The molecule has 0 aliphatic heterocycles. The third kappa shape index (κ3) is 3.53. The molecule has 1 heterocycles. The van der Waals surface area contributed by atoms with Gasteiger partial charge in [0, 0.05) is 5.33 Å². The van der Waals surface area contributed by atoms with Crippen molar-refractivity contribution in [2.45, 2.75) is 11.9 Å². The van der Waals surface area contributed by atoms with Crippen molar-refractivity contribution in [1.29, 1.82) is 0 Å². The van der Waals surface area contributed by atoms with Crippen LogP contribution in [0.5, 0.6) is 5.75 Å². The number of pyridine rings is 1. The number of ether oxygens (including phenoxy) is 1. The van der Waals surface area contributed by atoms with Gasteiger partial charge in [-0.25, -0.2) is 4.39 Å². The number of benzene rings is 1. The van der Waals surface area contributed by atoms with Crippen molar-refractivity contribution < 1.29 is 9.13 Å². The first kappa shape index (κ1) is 12.0. The van der Waals surface area contributed by atoms with E-state index in [9.17, 15) is 4.39 Å². The lowest BCUT2D eigenvalue weighted by Gasteiger charge is -2.06. The van der Waals surface area contributed by atoms with E-state index in [4.69, 9.17) is 4.74 Å². The molecule has 0 bridgehead atoms. The Balaban J connectivity index is 1.95. The van der Waals surface area contributed by atoms with Crippen molar-refractivity contribution in [2.24, 2.45) is 0 Å². The molecule has 1 aromatic carbocycles. The number of hydrogen-bond acceptors (Lipinski definition) is 2. The second-order valence-corrected chi connectivity index (χ2v) is 4.09. The summed E-state index contributed by atoms with van der Waals surface area (Å²) in [5.74, 6) is 0.469. The van der Waals surface area contributed by atoms with Crippen LogP contribution >= 0.6 is 15.9 Å². The van der Waals surface area contributed by atoms with Crippen LogP contribution in [0.25, 0.3) is 0 Å². The fourth-order valence-electron chi connectivity index (χ4n) is 1.32. The predicted octanol–water partition coefficient (Wildman–Crippen LogP) is 3.69. The first-order valence-corrected chi connectivity index (χ1v) is 6.28. The monoisotopic (exact) mass is 295 g/mol. The maximum absolute atomic E-state index is 12.7. The van der Waals surface area contributed by atoms with Gasteiger partial charge in [-0.15, -0.1) is 0 Å². The maximum Gasteiger partial charge on any atom is 0.138 e. The lowest BCUT2D eigenvalue weighted by molar-refractivity contribution is 0.304. The minimum absolute atomic E-state index is 0.239. The second-order valence-electron chi connectivity index (χ2n) is 3.53. The number of nitrogens with zero attached hydrogens (tertiary/aromatic N) is 1. The van der Waals surface area contributed by atoms with E-state index in [2.05, 4.69) is 20.9 Å². The standard InChI is InChI=1S/C13H11BrFNO/c14-7-12-5-6-13(8-16-12)17-9-10-1-3-11(15)4-2-10/h1-6,8H,7,9H2. The van der Waals surface area contributed by atoms with Crippen molar-refractivity contribution in [1.82, 2.24) is 4.98 Å². The molecule has 17 heavy (non-hydrogen) atoms. The average molecular weight is 296 g/mol. The zero-order valence-electron chi connectivity index (χ0n) is 9.07. The van der Waals surface area contributed by atoms with Gasteiger partial charge in [0.2, 0.25) is 0 Å². The predicted molar refractivity (Wildman–Crippen MR) is 67.6 cm³/mol. The lowest BCUT2D eigenvalue weighted by atomic mass is 10.2. The van der Waals surface area contributed by atoms with E-state index < -0.39 is 0 Å². The van der Waals surface area contributed by atoms with E-state index >= 15 is 0 Å². The largest absolute Gasteiger partial charge is 0.487 e. The van der Waals surface area contributed by atoms with Crippen LogP contribution in [0.15, 0.2) is 42.6 Å². The van der Waals surface area contributed by atoms with Crippen molar-refractivity contribution in [2.75, 3.05) is 0 Å². The molecule has 0 unspecified atom stereocenters. The molecule has 0 aliphatic carbocycles. The number of hydrogen-bond donors (Lipinski definition) is 0. The summed E-state index contributed by atoms with van der Waals surface area (Å²) >= 11 is 3.33. The molecule has 0 aliphatic rings. The maximum atomic E-state index is 12.7. The summed E-state index contributed by atoms with van der Waals surface area (Å²) < 4.78 is 18.2. The molecule has 0 spiro atoms. The molecule has 0 fully saturated rings. The molecule has 0 atom stereocenters. The first-order valence-electron chi connectivity index (χ1n) is 5.16. The highest BCUT2D eigenvalue weighted by Crippen LogP contribution is 2.13. The van der Waals surface area contributed by atoms with E-state index in [-0.39, 0.29) is 5.82 Å². The fourth-order valence-corrected chi connectivity index (χ4v) is 1.65. The van der Waals surface area contributed by atoms with Gasteiger partial charge in [-0.2, -0.15) is 0 Å². The number of rotatable bonds is 4. The number of alkyl halides is 1. The van der Waals surface area contributed by atoms with E-state index in [1.165, 1.54) is 12.1 Å². The fraction of sp³-hybridized carbons (Fsp3) is 0.154. The quantitative estimate of drug-likeness (QED) is 0.803. The van der Waals surface area contributed by atoms with E-state index in [0.29, 0.717) is 12.4 Å². The average Bonchev–Trinajstić information content (AvgIpc) is 2.39. The Bertz CT molecular complexity index is 470. The van der Waals surface area contributed by atoms with Gasteiger partial charge in [-0.3, -0.25) is 4.98 Å². The number of aromatic nitrogens is 1. The molecule has 0 amide bonds. The first-order chi connectivity index (χ1) is 8.28. The molecule has 0 radical (unpaired) electrons. The number of halogens is 2. The minimum Gasteiger partial charge on any atom is -0.487 e. The molecule has 2 nitrogen and oxygen atoms in total. The van der Waals surface area contributed by atoms with Gasteiger partial charge in [-0.05, 0) is 29.8 Å². The molecule has 0 saturated heterocycles. The van der Waals surface area contributed by atoms with Gasteiger partial charge >= 0.3 is 0 Å². The van der Waals surface area contributed by atoms with Crippen LogP contribution in [0.4, 0.5) is 4.39 Å². The van der Waals surface area contributed by atoms with Crippen LogP contribution in [0.1, 0.15) is 11.3 Å². The Labute approximate surface area is 108 Å². The van der Waals surface area contributed by atoms with Crippen LogP contribution in [0, 0.1) is 5.82 Å². The molecule has 2 rings (SSSR count). The zero-order valence-corrected chi connectivity index (χ0v) is 10.7. The summed E-state index contributed by atoms with van der Waals surface area (Å²) in [4.78, 5) is 4.19. The SMILES string of the molecule is Fc1ccc(COc2ccc(CBr)nc2)cc1. The Kier molecular flexibility index (Phi) is 4.09. The van der Waals surface area contributed by atoms with Crippen molar-refractivity contribution in [3.63, 3.8) is 0 Å². The van der Waals surface area contributed by atoms with E-state index in [1.54, 1.807) is 18.3 Å². The van der Waals surface area contributed by atoms with E-state index in [1.807, 2.05) is 12.1 Å². The van der Waals surface area contributed by atoms with Crippen LogP contribution in [-0.4, -0.2) is 4.98 Å². The molecule has 0 N–H and O–H groups in total. The summed E-state index contributed by atoms with van der Waals surface area (Å²) in [7, 11) is 0. The van der Waals surface area contributed by atoms with Crippen LogP contribution in [-0.2, 0) is 11.9 Å². The van der Waals surface area contributed by atoms with Crippen molar-refractivity contribution >= 4 is 15.9 Å². The van der Waals surface area contributed by atoms with Crippen molar-refractivity contribution in [3.8, 4) is 5.75 Å². The molecule has 4 heteroatoms. The summed E-state index contributed by atoms with van der Waals surface area (Å²) in [6.45, 7) is 0.412. The molecule has 88 valence electrons. The molecule has 1 aromatic heterocycles. The summed E-state index contributed by atoms with van der Waals surface area (Å²) in [5, 5.41) is 0.727. The zero-order chi connectivity index (χ0) is 12.1.